The Kier molecular flexibility index (Phi) is 3.72. The molecular weight excluding hydrogens is 316 g/mol. The fourth-order valence-electron chi connectivity index (χ4n) is 4.89. The summed E-state index contributed by atoms with van der Waals surface area (Å²) in [6, 6.07) is 6.80. The first-order valence-corrected chi connectivity index (χ1v) is 9.71. The van der Waals surface area contributed by atoms with E-state index in [-0.39, 0.29) is 11.3 Å². The number of amides is 1. The summed E-state index contributed by atoms with van der Waals surface area (Å²) >= 11 is 5.32. The van der Waals surface area contributed by atoms with E-state index in [0.29, 0.717) is 5.11 Å². The first-order valence-electron chi connectivity index (χ1n) is 9.30. The van der Waals surface area contributed by atoms with Gasteiger partial charge in [0.25, 0.3) is 5.91 Å². The lowest BCUT2D eigenvalue weighted by atomic mass is 9.66. The molecule has 2 fully saturated rings. The third-order valence-electron chi connectivity index (χ3n) is 6.66. The van der Waals surface area contributed by atoms with E-state index in [9.17, 15) is 4.79 Å². The highest BCUT2D eigenvalue weighted by atomic mass is 32.1. The maximum absolute atomic E-state index is 13.0. The number of fused-ring (bicyclic) bond motifs is 2. The van der Waals surface area contributed by atoms with E-state index >= 15 is 0 Å². The van der Waals surface area contributed by atoms with Crippen LogP contribution in [-0.4, -0.2) is 11.0 Å². The molecule has 1 spiro atoms. The monoisotopic (exact) mass is 342 g/mol. The summed E-state index contributed by atoms with van der Waals surface area (Å²) in [7, 11) is 0. The summed E-state index contributed by atoms with van der Waals surface area (Å²) in [5, 5.41) is 6.75. The lowest BCUT2D eigenvalue weighted by Gasteiger charge is -2.41. The molecule has 1 aromatic rings. The lowest BCUT2D eigenvalue weighted by molar-refractivity contribution is -0.129. The average molecular weight is 343 g/mol. The molecule has 3 aliphatic rings. The first kappa shape index (κ1) is 16.1. The summed E-state index contributed by atoms with van der Waals surface area (Å²) in [5.41, 5.74) is 3.04. The molecule has 128 valence electrons. The standard InChI is InChI=1S/C20H26N2OS/c1-3-19(4-2)12-15-10-9-14(8-7-13-5-6-13)11-16(15)20(19)17(23)21-18(24)22-20/h9-11,13H,3-8,12H2,1-2H3,(H2,21,22,23,24). The van der Waals surface area contributed by atoms with E-state index in [1.54, 1.807) is 0 Å². The molecule has 1 unspecified atom stereocenters. The fourth-order valence-corrected chi connectivity index (χ4v) is 5.14. The van der Waals surface area contributed by atoms with Gasteiger partial charge in [-0.1, -0.05) is 44.9 Å². The van der Waals surface area contributed by atoms with Crippen LogP contribution in [0.5, 0.6) is 0 Å². The molecule has 1 aliphatic heterocycles. The minimum absolute atomic E-state index is 0.0364. The van der Waals surface area contributed by atoms with Crippen molar-refractivity contribution in [2.75, 3.05) is 0 Å². The predicted molar refractivity (Wildman–Crippen MR) is 99.8 cm³/mol. The highest BCUT2D eigenvalue weighted by Crippen LogP contribution is 2.55. The van der Waals surface area contributed by atoms with Crippen LogP contribution in [0.2, 0.25) is 0 Å². The molecule has 0 radical (unpaired) electrons. The Morgan fingerprint density at radius 2 is 2.00 bits per heavy atom. The molecule has 1 heterocycles. The zero-order valence-corrected chi connectivity index (χ0v) is 15.4. The van der Waals surface area contributed by atoms with Crippen LogP contribution in [-0.2, 0) is 23.2 Å². The number of carbonyl (C=O) groups excluding carboxylic acids is 1. The Hall–Kier alpha value is -1.42. The van der Waals surface area contributed by atoms with Crippen molar-refractivity contribution in [2.24, 2.45) is 11.3 Å². The highest BCUT2D eigenvalue weighted by molar-refractivity contribution is 7.80. The predicted octanol–water partition coefficient (Wildman–Crippen LogP) is 3.59. The normalized spacial score (nSPS) is 27.2. The summed E-state index contributed by atoms with van der Waals surface area (Å²) in [6.07, 6.45) is 8.03. The van der Waals surface area contributed by atoms with Crippen molar-refractivity contribution in [2.45, 2.75) is 64.3 Å². The molecule has 1 saturated heterocycles. The van der Waals surface area contributed by atoms with Crippen molar-refractivity contribution < 1.29 is 4.79 Å². The molecule has 2 aliphatic carbocycles. The molecule has 1 saturated carbocycles. The van der Waals surface area contributed by atoms with E-state index in [4.69, 9.17) is 12.2 Å². The second-order valence-electron chi connectivity index (χ2n) is 7.80. The number of rotatable bonds is 5. The molecule has 1 amide bonds. The number of nitrogens with one attached hydrogen (secondary N) is 2. The van der Waals surface area contributed by atoms with Crippen molar-refractivity contribution in [3.63, 3.8) is 0 Å². The number of aryl methyl sites for hydroxylation is 1. The van der Waals surface area contributed by atoms with Crippen LogP contribution in [0.3, 0.4) is 0 Å². The van der Waals surface area contributed by atoms with Gasteiger partial charge in [0.1, 0.15) is 0 Å². The molecule has 1 atom stereocenters. The van der Waals surface area contributed by atoms with E-state index < -0.39 is 5.54 Å². The number of thiocarbonyl (C=S) groups is 1. The largest absolute Gasteiger partial charge is 0.344 e. The zero-order chi connectivity index (χ0) is 16.9. The Labute approximate surface area is 149 Å². The summed E-state index contributed by atoms with van der Waals surface area (Å²) in [5.74, 6) is 0.965. The SMILES string of the molecule is CCC1(CC)Cc2ccc(CCC3CC3)cc2C12NC(=S)NC2=O. The van der Waals surface area contributed by atoms with Gasteiger partial charge in [0, 0.05) is 5.41 Å². The molecular formula is C20H26N2OS. The van der Waals surface area contributed by atoms with Gasteiger partial charge in [0.2, 0.25) is 0 Å². The Morgan fingerprint density at radius 3 is 2.58 bits per heavy atom. The minimum Gasteiger partial charge on any atom is -0.344 e. The summed E-state index contributed by atoms with van der Waals surface area (Å²) in [4.78, 5) is 13.0. The fraction of sp³-hybridized carbons (Fsp3) is 0.600. The average Bonchev–Trinajstić information content (AvgIpc) is 3.30. The van der Waals surface area contributed by atoms with Crippen LogP contribution < -0.4 is 10.6 Å². The Balaban J connectivity index is 1.78. The van der Waals surface area contributed by atoms with Crippen LogP contribution in [0.15, 0.2) is 18.2 Å². The van der Waals surface area contributed by atoms with Crippen LogP contribution >= 0.6 is 12.2 Å². The van der Waals surface area contributed by atoms with Crippen molar-refractivity contribution in [1.29, 1.82) is 0 Å². The molecule has 0 bridgehead atoms. The van der Waals surface area contributed by atoms with Crippen molar-refractivity contribution in [1.82, 2.24) is 10.6 Å². The second-order valence-corrected chi connectivity index (χ2v) is 8.20. The van der Waals surface area contributed by atoms with Crippen LogP contribution in [0, 0.1) is 11.3 Å². The van der Waals surface area contributed by atoms with Crippen molar-refractivity contribution in [3.05, 3.63) is 34.9 Å². The van der Waals surface area contributed by atoms with Gasteiger partial charge in [0.05, 0.1) is 0 Å². The smallest absolute Gasteiger partial charge is 0.257 e. The quantitative estimate of drug-likeness (QED) is 0.804. The van der Waals surface area contributed by atoms with E-state index in [1.807, 2.05) is 0 Å². The molecule has 4 heteroatoms. The van der Waals surface area contributed by atoms with Gasteiger partial charge in [-0.15, -0.1) is 0 Å². The zero-order valence-electron chi connectivity index (χ0n) is 14.6. The van der Waals surface area contributed by atoms with Gasteiger partial charge >= 0.3 is 0 Å². The maximum atomic E-state index is 13.0. The van der Waals surface area contributed by atoms with Crippen molar-refractivity contribution in [3.8, 4) is 0 Å². The Morgan fingerprint density at radius 1 is 1.25 bits per heavy atom. The van der Waals surface area contributed by atoms with Gasteiger partial charge in [-0.3, -0.25) is 4.79 Å². The molecule has 2 N–H and O–H groups in total. The van der Waals surface area contributed by atoms with E-state index in [1.165, 1.54) is 30.4 Å². The van der Waals surface area contributed by atoms with Crippen molar-refractivity contribution >= 4 is 23.2 Å². The molecule has 1 aromatic carbocycles. The minimum atomic E-state index is -0.682. The number of hydrogen-bond donors (Lipinski definition) is 2. The number of carbonyl (C=O) groups is 1. The Bertz CT molecular complexity index is 706. The van der Waals surface area contributed by atoms with E-state index in [2.05, 4.69) is 42.7 Å². The third-order valence-corrected chi connectivity index (χ3v) is 6.87. The lowest BCUT2D eigenvalue weighted by Crippen LogP contribution is -2.54. The van der Waals surface area contributed by atoms with Crippen LogP contribution in [0.4, 0.5) is 0 Å². The van der Waals surface area contributed by atoms with Gasteiger partial charge in [-0.2, -0.15) is 0 Å². The second kappa shape index (κ2) is 5.55. The third kappa shape index (κ3) is 2.15. The molecule has 0 aromatic heterocycles. The summed E-state index contributed by atoms with van der Waals surface area (Å²) in [6.45, 7) is 4.39. The molecule has 24 heavy (non-hydrogen) atoms. The highest BCUT2D eigenvalue weighted by Gasteiger charge is 2.63. The van der Waals surface area contributed by atoms with Gasteiger partial charge in [-0.25, -0.2) is 0 Å². The summed E-state index contributed by atoms with van der Waals surface area (Å²) < 4.78 is 0. The first-order chi connectivity index (χ1) is 11.5. The molecule has 3 nitrogen and oxygen atoms in total. The number of hydrogen-bond acceptors (Lipinski definition) is 2. The molecule has 4 rings (SSSR count). The topological polar surface area (TPSA) is 41.1 Å². The van der Waals surface area contributed by atoms with Crippen LogP contribution in [0.1, 0.15) is 62.6 Å². The van der Waals surface area contributed by atoms with Gasteiger partial charge in [-0.05, 0) is 66.9 Å². The number of benzene rings is 1. The van der Waals surface area contributed by atoms with Crippen LogP contribution in [0.25, 0.3) is 0 Å². The van der Waals surface area contributed by atoms with Gasteiger partial charge in [0.15, 0.2) is 10.7 Å². The maximum Gasteiger partial charge on any atom is 0.257 e. The van der Waals surface area contributed by atoms with Gasteiger partial charge < -0.3 is 10.6 Å². The van der Waals surface area contributed by atoms with E-state index in [0.717, 1.165) is 37.2 Å².